The summed E-state index contributed by atoms with van der Waals surface area (Å²) in [4.78, 5) is 7.16. The molecule has 154 valence electrons. The first-order chi connectivity index (χ1) is 13.3. The fourth-order valence-corrected chi connectivity index (χ4v) is 3.11. The van der Waals surface area contributed by atoms with Crippen LogP contribution in [0.5, 0.6) is 0 Å². The Morgan fingerprint density at radius 1 is 1.11 bits per heavy atom. The van der Waals surface area contributed by atoms with Gasteiger partial charge in [0.1, 0.15) is 5.76 Å². The van der Waals surface area contributed by atoms with Gasteiger partial charge in [0.05, 0.1) is 26.0 Å². The number of ether oxygens (including phenoxy) is 1. The highest BCUT2D eigenvalue weighted by molar-refractivity contribution is 14.0. The van der Waals surface area contributed by atoms with Crippen LogP contribution in [-0.4, -0.2) is 50.3 Å². The lowest BCUT2D eigenvalue weighted by atomic mass is 10.1. The third-order valence-corrected chi connectivity index (χ3v) is 4.51. The number of furan rings is 1. The van der Waals surface area contributed by atoms with Crippen LogP contribution in [0.1, 0.15) is 23.8 Å². The van der Waals surface area contributed by atoms with Crippen LogP contribution in [0.4, 0.5) is 0 Å². The molecule has 0 atom stereocenters. The second-order valence-corrected chi connectivity index (χ2v) is 6.66. The summed E-state index contributed by atoms with van der Waals surface area (Å²) in [6.45, 7) is 9.01. The number of hydrogen-bond donors (Lipinski definition) is 2. The van der Waals surface area contributed by atoms with E-state index in [1.54, 1.807) is 6.26 Å². The van der Waals surface area contributed by atoms with E-state index in [1.165, 1.54) is 11.1 Å². The largest absolute Gasteiger partial charge is 0.469 e. The van der Waals surface area contributed by atoms with Crippen LogP contribution in [-0.2, 0) is 24.2 Å². The van der Waals surface area contributed by atoms with Gasteiger partial charge in [-0.15, -0.1) is 24.0 Å². The van der Waals surface area contributed by atoms with E-state index in [-0.39, 0.29) is 24.0 Å². The first-order valence-corrected chi connectivity index (χ1v) is 9.76. The Bertz CT molecular complexity index is 700. The van der Waals surface area contributed by atoms with Crippen molar-refractivity contribution in [2.75, 3.05) is 39.4 Å². The van der Waals surface area contributed by atoms with Crippen molar-refractivity contribution in [3.63, 3.8) is 0 Å². The fourth-order valence-electron chi connectivity index (χ4n) is 3.11. The fraction of sp³-hybridized carbons (Fsp3) is 0.476. The number of nitrogens with one attached hydrogen (secondary N) is 2. The van der Waals surface area contributed by atoms with Gasteiger partial charge in [0.25, 0.3) is 0 Å². The molecule has 6 nitrogen and oxygen atoms in total. The number of guanidine groups is 1. The minimum atomic E-state index is 0. The van der Waals surface area contributed by atoms with Crippen molar-refractivity contribution in [1.82, 2.24) is 15.5 Å². The Balaban J connectivity index is 0.00000280. The molecule has 7 heteroatoms. The van der Waals surface area contributed by atoms with Gasteiger partial charge in [-0.25, -0.2) is 4.99 Å². The molecule has 1 saturated heterocycles. The van der Waals surface area contributed by atoms with Gasteiger partial charge >= 0.3 is 0 Å². The van der Waals surface area contributed by atoms with E-state index in [1.807, 2.05) is 12.1 Å². The Morgan fingerprint density at radius 3 is 2.68 bits per heavy atom. The maximum absolute atomic E-state index is 5.43. The SMILES string of the molecule is CCNC(=NCc1cccc(CN2CCOCC2)c1)NCCc1ccco1.I. The molecule has 2 aromatic rings. The molecular weight excluding hydrogens is 467 g/mol. The van der Waals surface area contributed by atoms with Crippen molar-refractivity contribution in [3.8, 4) is 0 Å². The van der Waals surface area contributed by atoms with Gasteiger partial charge in [0.15, 0.2) is 5.96 Å². The van der Waals surface area contributed by atoms with Crippen molar-refractivity contribution >= 4 is 29.9 Å². The second-order valence-electron chi connectivity index (χ2n) is 6.66. The highest BCUT2D eigenvalue weighted by Gasteiger charge is 2.10. The quantitative estimate of drug-likeness (QED) is 0.333. The number of nitrogens with zero attached hydrogens (tertiary/aromatic N) is 2. The molecule has 0 saturated carbocycles. The zero-order valence-corrected chi connectivity index (χ0v) is 18.9. The summed E-state index contributed by atoms with van der Waals surface area (Å²) in [6, 6.07) is 12.6. The highest BCUT2D eigenvalue weighted by Crippen LogP contribution is 2.11. The number of halogens is 1. The van der Waals surface area contributed by atoms with Crippen molar-refractivity contribution in [3.05, 3.63) is 59.5 Å². The van der Waals surface area contributed by atoms with E-state index < -0.39 is 0 Å². The molecule has 2 N–H and O–H groups in total. The molecule has 28 heavy (non-hydrogen) atoms. The summed E-state index contributed by atoms with van der Waals surface area (Å²) < 4.78 is 10.8. The molecule has 1 fully saturated rings. The van der Waals surface area contributed by atoms with Crippen LogP contribution < -0.4 is 10.6 Å². The first-order valence-electron chi connectivity index (χ1n) is 9.76. The minimum Gasteiger partial charge on any atom is -0.469 e. The van der Waals surface area contributed by atoms with Crippen molar-refractivity contribution in [1.29, 1.82) is 0 Å². The van der Waals surface area contributed by atoms with Crippen LogP contribution in [0.3, 0.4) is 0 Å². The lowest BCUT2D eigenvalue weighted by Crippen LogP contribution is -2.38. The van der Waals surface area contributed by atoms with Crippen molar-refractivity contribution < 1.29 is 9.15 Å². The number of morpholine rings is 1. The minimum absolute atomic E-state index is 0. The van der Waals surface area contributed by atoms with Crippen LogP contribution in [0, 0.1) is 0 Å². The third-order valence-electron chi connectivity index (χ3n) is 4.51. The van der Waals surface area contributed by atoms with Crippen molar-refractivity contribution in [2.24, 2.45) is 4.99 Å². The summed E-state index contributed by atoms with van der Waals surface area (Å²) >= 11 is 0. The molecule has 0 amide bonds. The molecule has 0 spiro atoms. The molecule has 1 aromatic heterocycles. The van der Waals surface area contributed by atoms with Gasteiger partial charge in [-0.05, 0) is 30.2 Å². The van der Waals surface area contributed by atoms with Gasteiger partial charge in [0.2, 0.25) is 0 Å². The Labute approximate surface area is 184 Å². The predicted molar refractivity (Wildman–Crippen MR) is 123 cm³/mol. The Morgan fingerprint density at radius 2 is 1.93 bits per heavy atom. The smallest absolute Gasteiger partial charge is 0.191 e. The maximum Gasteiger partial charge on any atom is 0.191 e. The Kier molecular flexibility index (Phi) is 10.4. The van der Waals surface area contributed by atoms with E-state index >= 15 is 0 Å². The normalized spacial score (nSPS) is 15.1. The van der Waals surface area contributed by atoms with Crippen LogP contribution in [0.25, 0.3) is 0 Å². The highest BCUT2D eigenvalue weighted by atomic mass is 127. The lowest BCUT2D eigenvalue weighted by Gasteiger charge is -2.26. The molecule has 1 aliphatic rings. The molecule has 1 aromatic carbocycles. The van der Waals surface area contributed by atoms with E-state index in [9.17, 15) is 0 Å². The second kappa shape index (κ2) is 12.8. The van der Waals surface area contributed by atoms with Gasteiger partial charge in [0, 0.05) is 39.1 Å². The average Bonchev–Trinajstić information content (AvgIpc) is 3.21. The van der Waals surface area contributed by atoms with Gasteiger partial charge < -0.3 is 19.8 Å². The molecule has 3 rings (SSSR count). The van der Waals surface area contributed by atoms with Crippen LogP contribution in [0.15, 0.2) is 52.1 Å². The maximum atomic E-state index is 5.43. The summed E-state index contributed by atoms with van der Waals surface area (Å²) in [5.41, 5.74) is 2.56. The van der Waals surface area contributed by atoms with Crippen molar-refractivity contribution in [2.45, 2.75) is 26.4 Å². The van der Waals surface area contributed by atoms with E-state index in [0.29, 0.717) is 6.54 Å². The molecule has 0 bridgehead atoms. The molecule has 0 radical (unpaired) electrons. The van der Waals surface area contributed by atoms with Crippen LogP contribution >= 0.6 is 24.0 Å². The third kappa shape index (κ3) is 7.81. The molecule has 0 aliphatic carbocycles. The number of rotatable bonds is 8. The van der Waals surface area contributed by atoms with Gasteiger partial charge in [-0.3, -0.25) is 4.90 Å². The number of aliphatic imine (C=N–C) groups is 1. The van der Waals surface area contributed by atoms with Crippen LogP contribution in [0.2, 0.25) is 0 Å². The zero-order chi connectivity index (χ0) is 18.7. The van der Waals surface area contributed by atoms with Gasteiger partial charge in [-0.2, -0.15) is 0 Å². The van der Waals surface area contributed by atoms with E-state index in [4.69, 9.17) is 14.1 Å². The molecule has 0 unspecified atom stereocenters. The number of hydrogen-bond acceptors (Lipinski definition) is 4. The van der Waals surface area contributed by atoms with E-state index in [0.717, 1.165) is 64.1 Å². The average molecular weight is 498 g/mol. The molecule has 1 aliphatic heterocycles. The number of benzene rings is 1. The zero-order valence-electron chi connectivity index (χ0n) is 16.5. The summed E-state index contributed by atoms with van der Waals surface area (Å²) in [6.07, 6.45) is 2.55. The first kappa shape index (κ1) is 22.7. The summed E-state index contributed by atoms with van der Waals surface area (Å²) in [7, 11) is 0. The Hall–Kier alpha value is -1.58. The van der Waals surface area contributed by atoms with E-state index in [2.05, 4.69) is 46.7 Å². The predicted octanol–water partition coefficient (Wildman–Crippen LogP) is 3.03. The summed E-state index contributed by atoms with van der Waals surface area (Å²) in [5, 5.41) is 6.67. The summed E-state index contributed by atoms with van der Waals surface area (Å²) in [5.74, 6) is 1.82. The topological polar surface area (TPSA) is 62.0 Å². The molecular formula is C21H31IN4O2. The monoisotopic (exact) mass is 498 g/mol. The lowest BCUT2D eigenvalue weighted by molar-refractivity contribution is 0.0342. The molecule has 2 heterocycles. The van der Waals surface area contributed by atoms with Gasteiger partial charge in [-0.1, -0.05) is 24.3 Å². The standard InChI is InChI=1S/C21H30N4O2.HI/c1-2-22-21(23-9-8-20-7-4-12-27-20)24-16-18-5-3-6-19(15-18)17-25-10-13-26-14-11-25;/h3-7,12,15H,2,8-11,13-14,16-17H2,1H3,(H2,22,23,24);1H.